The van der Waals surface area contributed by atoms with Gasteiger partial charge in [0.1, 0.15) is 17.8 Å². The van der Waals surface area contributed by atoms with E-state index in [9.17, 15) is 4.79 Å². The molecule has 1 rings (SSSR count). The van der Waals surface area contributed by atoms with E-state index in [-0.39, 0.29) is 0 Å². The summed E-state index contributed by atoms with van der Waals surface area (Å²) >= 11 is 0. The summed E-state index contributed by atoms with van der Waals surface area (Å²) in [6, 6.07) is 5.09. The highest BCUT2D eigenvalue weighted by Crippen LogP contribution is 2.21. The largest absolute Gasteiger partial charge is 0.497 e. The standard InChI is InChI=1S/C10H12O3/c1-3-13-10-5-8(7-11)4-9(6-10)12-2/h4-7H,3H2,1-2H3. The highest BCUT2D eigenvalue weighted by Gasteiger charge is 2.00. The number of aldehydes is 1. The van der Waals surface area contributed by atoms with Gasteiger partial charge in [0.15, 0.2) is 0 Å². The molecule has 1 aromatic carbocycles. The number of carbonyl (C=O) groups is 1. The summed E-state index contributed by atoms with van der Waals surface area (Å²) < 4.78 is 10.3. The van der Waals surface area contributed by atoms with Crippen molar-refractivity contribution in [2.24, 2.45) is 0 Å². The van der Waals surface area contributed by atoms with Crippen LogP contribution in [0.2, 0.25) is 0 Å². The minimum absolute atomic E-state index is 0.558. The smallest absolute Gasteiger partial charge is 0.150 e. The van der Waals surface area contributed by atoms with Gasteiger partial charge in [-0.2, -0.15) is 0 Å². The van der Waals surface area contributed by atoms with Crippen LogP contribution in [0.3, 0.4) is 0 Å². The zero-order valence-electron chi connectivity index (χ0n) is 7.74. The Kier molecular flexibility index (Phi) is 3.31. The van der Waals surface area contributed by atoms with Gasteiger partial charge in [-0.05, 0) is 19.1 Å². The molecule has 0 amide bonds. The van der Waals surface area contributed by atoms with Crippen LogP contribution >= 0.6 is 0 Å². The van der Waals surface area contributed by atoms with Crippen molar-refractivity contribution in [3.63, 3.8) is 0 Å². The molecule has 0 aliphatic carbocycles. The summed E-state index contributed by atoms with van der Waals surface area (Å²) in [5, 5.41) is 0. The van der Waals surface area contributed by atoms with Crippen LogP contribution in [-0.4, -0.2) is 20.0 Å². The Labute approximate surface area is 77.3 Å². The lowest BCUT2D eigenvalue weighted by molar-refractivity contribution is 0.112. The average Bonchev–Trinajstić information content (AvgIpc) is 2.17. The Morgan fingerprint density at radius 3 is 2.54 bits per heavy atom. The average molecular weight is 180 g/mol. The molecular formula is C10H12O3. The lowest BCUT2D eigenvalue weighted by atomic mass is 10.2. The van der Waals surface area contributed by atoms with E-state index in [0.29, 0.717) is 23.7 Å². The van der Waals surface area contributed by atoms with Crippen LogP contribution in [0.5, 0.6) is 11.5 Å². The quantitative estimate of drug-likeness (QED) is 0.664. The first-order chi connectivity index (χ1) is 6.30. The fourth-order valence-electron chi connectivity index (χ4n) is 1.03. The second kappa shape index (κ2) is 4.50. The molecule has 13 heavy (non-hydrogen) atoms. The fourth-order valence-corrected chi connectivity index (χ4v) is 1.03. The van der Waals surface area contributed by atoms with Crippen molar-refractivity contribution in [3.05, 3.63) is 23.8 Å². The van der Waals surface area contributed by atoms with Gasteiger partial charge in [0.25, 0.3) is 0 Å². The van der Waals surface area contributed by atoms with Crippen LogP contribution in [0.4, 0.5) is 0 Å². The number of ether oxygens (including phenoxy) is 2. The van der Waals surface area contributed by atoms with E-state index in [1.165, 1.54) is 0 Å². The van der Waals surface area contributed by atoms with Crippen LogP contribution < -0.4 is 9.47 Å². The van der Waals surface area contributed by atoms with Crippen molar-refractivity contribution in [1.82, 2.24) is 0 Å². The first-order valence-electron chi connectivity index (χ1n) is 4.07. The summed E-state index contributed by atoms with van der Waals surface area (Å²) in [4.78, 5) is 10.5. The topological polar surface area (TPSA) is 35.5 Å². The van der Waals surface area contributed by atoms with Crippen LogP contribution in [0.25, 0.3) is 0 Å². The molecule has 0 aliphatic rings. The van der Waals surface area contributed by atoms with Gasteiger partial charge in [-0.15, -0.1) is 0 Å². The van der Waals surface area contributed by atoms with E-state index in [1.807, 2.05) is 6.92 Å². The van der Waals surface area contributed by atoms with Gasteiger partial charge in [0, 0.05) is 11.6 Å². The molecule has 1 aromatic rings. The fraction of sp³-hybridized carbons (Fsp3) is 0.300. The maximum absolute atomic E-state index is 10.5. The van der Waals surface area contributed by atoms with Gasteiger partial charge in [0.05, 0.1) is 13.7 Å². The van der Waals surface area contributed by atoms with Crippen LogP contribution in [0.15, 0.2) is 18.2 Å². The molecule has 0 atom stereocenters. The Hall–Kier alpha value is -1.51. The van der Waals surface area contributed by atoms with E-state index >= 15 is 0 Å². The van der Waals surface area contributed by atoms with Crippen LogP contribution in [0.1, 0.15) is 17.3 Å². The molecule has 0 bridgehead atoms. The second-order valence-electron chi connectivity index (χ2n) is 2.49. The van der Waals surface area contributed by atoms with E-state index in [4.69, 9.17) is 9.47 Å². The van der Waals surface area contributed by atoms with Crippen molar-refractivity contribution in [3.8, 4) is 11.5 Å². The molecule has 0 spiro atoms. The summed E-state index contributed by atoms with van der Waals surface area (Å²) in [7, 11) is 1.56. The third-order valence-electron chi connectivity index (χ3n) is 1.59. The molecule has 0 radical (unpaired) electrons. The highest BCUT2D eigenvalue weighted by molar-refractivity contribution is 5.76. The maximum atomic E-state index is 10.5. The summed E-state index contributed by atoms with van der Waals surface area (Å²) in [6.45, 7) is 2.46. The van der Waals surface area contributed by atoms with Crippen molar-refractivity contribution >= 4 is 6.29 Å². The van der Waals surface area contributed by atoms with Crippen molar-refractivity contribution in [1.29, 1.82) is 0 Å². The maximum Gasteiger partial charge on any atom is 0.150 e. The number of hydrogen-bond donors (Lipinski definition) is 0. The molecular weight excluding hydrogens is 168 g/mol. The number of carbonyl (C=O) groups excluding carboxylic acids is 1. The Morgan fingerprint density at radius 2 is 2.00 bits per heavy atom. The van der Waals surface area contributed by atoms with Crippen molar-refractivity contribution in [2.75, 3.05) is 13.7 Å². The van der Waals surface area contributed by atoms with Gasteiger partial charge in [-0.3, -0.25) is 4.79 Å². The molecule has 0 N–H and O–H groups in total. The summed E-state index contributed by atoms with van der Waals surface area (Å²) in [5.74, 6) is 1.29. The second-order valence-corrected chi connectivity index (χ2v) is 2.49. The normalized spacial score (nSPS) is 9.38. The third kappa shape index (κ3) is 2.47. The van der Waals surface area contributed by atoms with Crippen LogP contribution in [-0.2, 0) is 0 Å². The van der Waals surface area contributed by atoms with Crippen molar-refractivity contribution < 1.29 is 14.3 Å². The van der Waals surface area contributed by atoms with Gasteiger partial charge < -0.3 is 9.47 Å². The molecule has 70 valence electrons. The molecule has 0 fully saturated rings. The van der Waals surface area contributed by atoms with Gasteiger partial charge in [-0.25, -0.2) is 0 Å². The minimum Gasteiger partial charge on any atom is -0.497 e. The van der Waals surface area contributed by atoms with Gasteiger partial charge in [0.2, 0.25) is 0 Å². The first-order valence-corrected chi connectivity index (χ1v) is 4.07. The van der Waals surface area contributed by atoms with E-state index < -0.39 is 0 Å². The first kappa shape index (κ1) is 9.58. The monoisotopic (exact) mass is 180 g/mol. The zero-order chi connectivity index (χ0) is 9.68. The highest BCUT2D eigenvalue weighted by atomic mass is 16.5. The molecule has 0 aromatic heterocycles. The zero-order valence-corrected chi connectivity index (χ0v) is 7.74. The van der Waals surface area contributed by atoms with Crippen LogP contribution in [0, 0.1) is 0 Å². The number of benzene rings is 1. The number of rotatable bonds is 4. The predicted octanol–water partition coefficient (Wildman–Crippen LogP) is 1.91. The number of hydrogen-bond acceptors (Lipinski definition) is 3. The molecule has 0 aliphatic heterocycles. The molecule has 0 heterocycles. The predicted molar refractivity (Wildman–Crippen MR) is 49.6 cm³/mol. The molecule has 0 unspecified atom stereocenters. The molecule has 0 saturated heterocycles. The summed E-state index contributed by atoms with van der Waals surface area (Å²) in [5.41, 5.74) is 0.558. The van der Waals surface area contributed by atoms with E-state index in [0.717, 1.165) is 6.29 Å². The third-order valence-corrected chi connectivity index (χ3v) is 1.59. The minimum atomic E-state index is 0.558. The summed E-state index contributed by atoms with van der Waals surface area (Å²) in [6.07, 6.45) is 0.769. The Bertz CT molecular complexity index is 294. The van der Waals surface area contributed by atoms with Crippen molar-refractivity contribution in [2.45, 2.75) is 6.92 Å². The lowest BCUT2D eigenvalue weighted by Gasteiger charge is -2.06. The van der Waals surface area contributed by atoms with E-state index in [2.05, 4.69) is 0 Å². The Morgan fingerprint density at radius 1 is 1.31 bits per heavy atom. The van der Waals surface area contributed by atoms with Gasteiger partial charge >= 0.3 is 0 Å². The van der Waals surface area contributed by atoms with Gasteiger partial charge in [-0.1, -0.05) is 0 Å². The molecule has 3 nitrogen and oxygen atoms in total. The van der Waals surface area contributed by atoms with E-state index in [1.54, 1.807) is 25.3 Å². The molecule has 0 saturated carbocycles. The number of methoxy groups -OCH3 is 1. The lowest BCUT2D eigenvalue weighted by Crippen LogP contribution is -1.94. The SMILES string of the molecule is CCOc1cc(C=O)cc(OC)c1. The Balaban J connectivity index is 2.99. The molecule has 3 heteroatoms.